The smallest absolute Gasteiger partial charge is 0.411 e. The molecule has 5 heteroatoms. The molecule has 4 rings (SSSR count). The van der Waals surface area contributed by atoms with Crippen molar-refractivity contribution in [3.63, 3.8) is 0 Å². The molecule has 2 aliphatic rings. The molecule has 1 amide bonds. The Kier molecular flexibility index (Phi) is 4.94. The molecule has 0 aromatic heterocycles. The maximum atomic E-state index is 13.6. The number of amides is 1. The van der Waals surface area contributed by atoms with E-state index in [2.05, 4.69) is 0 Å². The van der Waals surface area contributed by atoms with Crippen LogP contribution in [-0.2, 0) is 16.1 Å². The molecule has 2 unspecified atom stereocenters. The minimum absolute atomic E-state index is 0.0719. The number of rotatable bonds is 3. The summed E-state index contributed by atoms with van der Waals surface area (Å²) in [4.78, 5) is 14.5. The van der Waals surface area contributed by atoms with Crippen LogP contribution in [0.5, 0.6) is 0 Å². The zero-order chi connectivity index (χ0) is 18.8. The lowest BCUT2D eigenvalue weighted by Crippen LogP contribution is -2.56. The molecule has 0 N–H and O–H groups in total. The maximum absolute atomic E-state index is 13.6. The van der Waals surface area contributed by atoms with Crippen molar-refractivity contribution < 1.29 is 18.7 Å². The molecule has 1 fully saturated rings. The molecule has 4 nitrogen and oxygen atoms in total. The summed E-state index contributed by atoms with van der Waals surface area (Å²) >= 11 is 0. The third kappa shape index (κ3) is 3.74. The zero-order valence-corrected chi connectivity index (χ0v) is 15.2. The highest BCUT2D eigenvalue weighted by Gasteiger charge is 2.39. The van der Waals surface area contributed by atoms with E-state index in [4.69, 9.17) is 9.47 Å². The van der Waals surface area contributed by atoms with Gasteiger partial charge in [0.1, 0.15) is 12.4 Å². The van der Waals surface area contributed by atoms with E-state index in [1.807, 2.05) is 42.5 Å². The molecule has 0 saturated carbocycles. The predicted molar refractivity (Wildman–Crippen MR) is 101 cm³/mol. The van der Waals surface area contributed by atoms with Gasteiger partial charge >= 0.3 is 6.09 Å². The third-order valence-corrected chi connectivity index (χ3v) is 5.14. The van der Waals surface area contributed by atoms with Crippen LogP contribution in [-0.4, -0.2) is 36.3 Å². The quantitative estimate of drug-likeness (QED) is 0.811. The van der Waals surface area contributed by atoms with Gasteiger partial charge < -0.3 is 9.47 Å². The summed E-state index contributed by atoms with van der Waals surface area (Å²) in [6.07, 6.45) is 2.40. The van der Waals surface area contributed by atoms with E-state index in [9.17, 15) is 9.18 Å². The molecule has 1 saturated heterocycles. The fraction of sp³-hybridized carbons (Fsp3) is 0.318. The van der Waals surface area contributed by atoms with E-state index >= 15 is 0 Å². The van der Waals surface area contributed by atoms with Crippen molar-refractivity contribution in [3.05, 3.63) is 77.1 Å². The molecule has 2 aliphatic heterocycles. The number of ether oxygens (including phenoxy) is 2. The van der Waals surface area contributed by atoms with Crippen molar-refractivity contribution in [2.24, 2.45) is 0 Å². The fourth-order valence-corrected chi connectivity index (χ4v) is 3.73. The number of carbonyl (C=O) groups is 1. The molecule has 2 bridgehead atoms. The lowest BCUT2D eigenvalue weighted by atomic mass is 9.89. The normalized spacial score (nSPS) is 21.6. The van der Waals surface area contributed by atoms with Gasteiger partial charge in [-0.25, -0.2) is 9.18 Å². The first-order valence-corrected chi connectivity index (χ1v) is 9.16. The van der Waals surface area contributed by atoms with Crippen LogP contribution in [0, 0.1) is 12.7 Å². The molecule has 0 aliphatic carbocycles. The van der Waals surface area contributed by atoms with E-state index in [0.29, 0.717) is 25.2 Å². The van der Waals surface area contributed by atoms with E-state index in [1.165, 1.54) is 6.07 Å². The van der Waals surface area contributed by atoms with Gasteiger partial charge in [-0.05, 0) is 47.7 Å². The second-order valence-corrected chi connectivity index (χ2v) is 7.07. The average Bonchev–Trinajstić information content (AvgIpc) is 2.68. The molecule has 2 heterocycles. The third-order valence-electron chi connectivity index (χ3n) is 5.14. The first kappa shape index (κ1) is 17.7. The Morgan fingerprint density at radius 2 is 2.04 bits per heavy atom. The highest BCUT2D eigenvalue weighted by molar-refractivity contribution is 5.74. The van der Waals surface area contributed by atoms with Crippen molar-refractivity contribution in [2.45, 2.75) is 32.0 Å². The molecule has 2 aromatic carbocycles. The van der Waals surface area contributed by atoms with Crippen molar-refractivity contribution in [1.29, 1.82) is 0 Å². The highest BCUT2D eigenvalue weighted by Crippen LogP contribution is 2.33. The standard InChI is InChI=1S/C22H22FNO3/c1-15-9-17(7-8-21(15)23)18-10-19-13-26-14-20(11-18)24(19)22(25)27-12-16-5-3-2-4-6-16/h2-10,19-20H,11-14H2,1H3. The number of nitrogens with zero attached hydrogens (tertiary/aromatic N) is 1. The summed E-state index contributed by atoms with van der Waals surface area (Å²) < 4.78 is 24.8. The molecule has 2 atom stereocenters. The van der Waals surface area contributed by atoms with Gasteiger partial charge in [-0.3, -0.25) is 4.90 Å². The molecule has 2 aromatic rings. The Balaban J connectivity index is 1.51. The van der Waals surface area contributed by atoms with E-state index in [-0.39, 0.29) is 30.6 Å². The monoisotopic (exact) mass is 367 g/mol. The minimum atomic E-state index is -0.317. The Bertz CT molecular complexity index is 865. The number of aryl methyl sites for hydroxylation is 1. The summed E-state index contributed by atoms with van der Waals surface area (Å²) in [6, 6.07) is 14.6. The van der Waals surface area contributed by atoms with Crippen LogP contribution >= 0.6 is 0 Å². The summed E-state index contributed by atoms with van der Waals surface area (Å²) in [5.41, 5.74) is 3.72. The van der Waals surface area contributed by atoms with Gasteiger partial charge in [0.25, 0.3) is 0 Å². The SMILES string of the molecule is Cc1cc(C2=CC3COCC(C2)N3C(=O)OCc2ccccc2)ccc1F. The Hall–Kier alpha value is -2.66. The van der Waals surface area contributed by atoms with E-state index in [0.717, 1.165) is 16.7 Å². The van der Waals surface area contributed by atoms with Gasteiger partial charge in [0.2, 0.25) is 0 Å². The molecular formula is C22H22FNO3. The Morgan fingerprint density at radius 1 is 1.22 bits per heavy atom. The lowest BCUT2D eigenvalue weighted by molar-refractivity contribution is -0.0342. The summed E-state index contributed by atoms with van der Waals surface area (Å²) in [6.45, 7) is 2.94. The molecule has 27 heavy (non-hydrogen) atoms. The summed E-state index contributed by atoms with van der Waals surface area (Å²) in [7, 11) is 0. The van der Waals surface area contributed by atoms with Crippen molar-refractivity contribution >= 4 is 11.7 Å². The van der Waals surface area contributed by atoms with Crippen molar-refractivity contribution in [1.82, 2.24) is 4.90 Å². The van der Waals surface area contributed by atoms with Crippen LogP contribution < -0.4 is 0 Å². The van der Waals surface area contributed by atoms with Gasteiger partial charge in [-0.1, -0.05) is 42.5 Å². The topological polar surface area (TPSA) is 38.8 Å². The number of morpholine rings is 1. The van der Waals surface area contributed by atoms with Gasteiger partial charge in [0.15, 0.2) is 0 Å². The molecule has 0 spiro atoms. The Morgan fingerprint density at radius 3 is 2.78 bits per heavy atom. The van der Waals surface area contributed by atoms with Crippen LogP contribution in [0.15, 0.2) is 54.6 Å². The fourth-order valence-electron chi connectivity index (χ4n) is 3.73. The van der Waals surface area contributed by atoms with Gasteiger partial charge in [0, 0.05) is 0 Å². The average molecular weight is 367 g/mol. The van der Waals surface area contributed by atoms with E-state index in [1.54, 1.807) is 17.9 Å². The number of hydrogen-bond acceptors (Lipinski definition) is 3. The molecular weight excluding hydrogens is 345 g/mol. The molecule has 140 valence electrons. The summed E-state index contributed by atoms with van der Waals surface area (Å²) in [5.74, 6) is -0.204. The molecule has 0 radical (unpaired) electrons. The first-order valence-electron chi connectivity index (χ1n) is 9.16. The first-order chi connectivity index (χ1) is 13.1. The van der Waals surface area contributed by atoms with Crippen LogP contribution in [0.2, 0.25) is 0 Å². The van der Waals surface area contributed by atoms with Gasteiger partial charge in [-0.2, -0.15) is 0 Å². The van der Waals surface area contributed by atoms with E-state index < -0.39 is 0 Å². The lowest BCUT2D eigenvalue weighted by Gasteiger charge is -2.43. The maximum Gasteiger partial charge on any atom is 0.411 e. The number of halogens is 1. The minimum Gasteiger partial charge on any atom is -0.445 e. The predicted octanol–water partition coefficient (Wildman–Crippen LogP) is 4.33. The zero-order valence-electron chi connectivity index (χ0n) is 15.2. The van der Waals surface area contributed by atoms with Crippen LogP contribution in [0.3, 0.4) is 0 Å². The van der Waals surface area contributed by atoms with Crippen LogP contribution in [0.1, 0.15) is 23.1 Å². The van der Waals surface area contributed by atoms with Crippen molar-refractivity contribution in [3.8, 4) is 0 Å². The Labute approximate surface area is 158 Å². The number of hydrogen-bond donors (Lipinski definition) is 0. The number of carbonyl (C=O) groups excluding carboxylic acids is 1. The summed E-state index contributed by atoms with van der Waals surface area (Å²) in [5, 5.41) is 0. The van der Waals surface area contributed by atoms with Crippen molar-refractivity contribution in [2.75, 3.05) is 13.2 Å². The number of benzene rings is 2. The number of fused-ring (bicyclic) bond motifs is 2. The highest BCUT2D eigenvalue weighted by atomic mass is 19.1. The van der Waals surface area contributed by atoms with Gasteiger partial charge in [-0.15, -0.1) is 0 Å². The second kappa shape index (κ2) is 7.53. The van der Waals surface area contributed by atoms with Crippen LogP contribution in [0.25, 0.3) is 5.57 Å². The van der Waals surface area contributed by atoms with Crippen LogP contribution in [0.4, 0.5) is 9.18 Å². The second-order valence-electron chi connectivity index (χ2n) is 7.07. The van der Waals surface area contributed by atoms with Gasteiger partial charge in [0.05, 0.1) is 25.3 Å². The largest absolute Gasteiger partial charge is 0.445 e.